The number of hydrogen-bond donors (Lipinski definition) is 2. The monoisotopic (exact) mass is 482 g/mol. The molecule has 3 N–H and O–H groups in total. The van der Waals surface area contributed by atoms with Gasteiger partial charge in [-0.2, -0.15) is 0 Å². The van der Waals surface area contributed by atoms with Crippen molar-refractivity contribution < 1.29 is 4.79 Å². The number of nitrogens with zero attached hydrogens (tertiary/aromatic N) is 4. The zero-order valence-electron chi connectivity index (χ0n) is 19.9. The third kappa shape index (κ3) is 5.74. The lowest BCUT2D eigenvalue weighted by Gasteiger charge is -2.24. The summed E-state index contributed by atoms with van der Waals surface area (Å²) in [6.07, 6.45) is 1.49. The summed E-state index contributed by atoms with van der Waals surface area (Å²) in [6, 6.07) is 9.30. The molecule has 0 saturated carbocycles. The maximum absolute atomic E-state index is 13.3. The highest BCUT2D eigenvalue weighted by atomic mass is 32.2. The van der Waals surface area contributed by atoms with Crippen LogP contribution in [0.5, 0.6) is 0 Å². The van der Waals surface area contributed by atoms with Crippen LogP contribution in [0.25, 0.3) is 0 Å². The number of nitrogens with one attached hydrogen (secondary N) is 1. The van der Waals surface area contributed by atoms with Crippen molar-refractivity contribution in [2.45, 2.75) is 52.2 Å². The van der Waals surface area contributed by atoms with E-state index in [0.717, 1.165) is 28.9 Å². The van der Waals surface area contributed by atoms with Crippen LogP contribution in [-0.4, -0.2) is 37.7 Å². The molecule has 0 aliphatic carbocycles. The number of carbonyl (C=O) groups excluding carboxylic acids is 1. The quantitative estimate of drug-likeness (QED) is 0.355. The number of thioether (sulfide) groups is 1. The number of anilines is 2. The first kappa shape index (κ1) is 25.2. The van der Waals surface area contributed by atoms with Gasteiger partial charge in [0, 0.05) is 17.9 Å². The van der Waals surface area contributed by atoms with E-state index >= 15 is 0 Å². The summed E-state index contributed by atoms with van der Waals surface area (Å²) in [6.45, 7) is 8.23. The van der Waals surface area contributed by atoms with Crippen LogP contribution in [0.15, 0.2) is 45.1 Å². The Labute approximate surface area is 202 Å². The van der Waals surface area contributed by atoms with Crippen molar-refractivity contribution >= 4 is 29.2 Å². The molecule has 3 aromatic rings. The van der Waals surface area contributed by atoms with E-state index < -0.39 is 11.2 Å². The van der Waals surface area contributed by atoms with Crippen molar-refractivity contribution in [1.82, 2.24) is 19.5 Å². The Balaban J connectivity index is 1.93. The van der Waals surface area contributed by atoms with Gasteiger partial charge in [-0.1, -0.05) is 55.4 Å². The van der Waals surface area contributed by atoms with Gasteiger partial charge in [0.05, 0.1) is 12.3 Å². The summed E-state index contributed by atoms with van der Waals surface area (Å²) in [5.41, 5.74) is 8.60. The summed E-state index contributed by atoms with van der Waals surface area (Å²) >= 11 is 1.21. The number of rotatable bonds is 9. The number of benzene rings is 1. The van der Waals surface area contributed by atoms with Crippen molar-refractivity contribution in [2.75, 3.05) is 22.9 Å². The minimum absolute atomic E-state index is 0.00762. The third-order valence-corrected chi connectivity index (χ3v) is 6.47. The van der Waals surface area contributed by atoms with Gasteiger partial charge in [0.2, 0.25) is 5.91 Å². The van der Waals surface area contributed by atoms with Crippen molar-refractivity contribution in [3.8, 4) is 0 Å². The molecular weight excluding hydrogens is 452 g/mol. The van der Waals surface area contributed by atoms with Gasteiger partial charge >= 0.3 is 5.69 Å². The largest absolute Gasteiger partial charge is 0.383 e. The molecule has 34 heavy (non-hydrogen) atoms. The van der Waals surface area contributed by atoms with Gasteiger partial charge in [-0.05, 0) is 38.3 Å². The number of hydrogen-bond acceptors (Lipinski definition) is 7. The summed E-state index contributed by atoms with van der Waals surface area (Å²) in [5.74, 6) is -0.312. The molecule has 0 spiro atoms. The molecule has 0 atom stereocenters. The molecule has 0 aliphatic rings. The van der Waals surface area contributed by atoms with Crippen molar-refractivity contribution in [3.05, 3.63) is 73.7 Å². The third-order valence-electron chi connectivity index (χ3n) is 5.64. The zero-order valence-corrected chi connectivity index (χ0v) is 20.7. The lowest BCUT2D eigenvalue weighted by molar-refractivity contribution is -0.116. The van der Waals surface area contributed by atoms with Crippen LogP contribution in [-0.2, 0) is 11.3 Å². The molecule has 0 saturated heterocycles. The highest BCUT2D eigenvalue weighted by Crippen LogP contribution is 2.22. The molecule has 1 aromatic carbocycles. The zero-order chi connectivity index (χ0) is 24.8. The number of amides is 1. The molecule has 2 heterocycles. The number of aromatic nitrogens is 4. The summed E-state index contributed by atoms with van der Waals surface area (Å²) < 4.78 is 1.28. The predicted octanol–water partition coefficient (Wildman–Crippen LogP) is 2.81. The molecule has 10 heteroatoms. The van der Waals surface area contributed by atoms with Crippen LogP contribution in [0.1, 0.15) is 42.3 Å². The average Bonchev–Trinajstić information content (AvgIpc) is 2.81. The van der Waals surface area contributed by atoms with Crippen molar-refractivity contribution in [3.63, 3.8) is 0 Å². The van der Waals surface area contributed by atoms with Crippen LogP contribution in [0, 0.1) is 20.8 Å². The predicted molar refractivity (Wildman–Crippen MR) is 136 cm³/mol. The number of nitrogen functional groups attached to an aromatic ring is 1. The minimum Gasteiger partial charge on any atom is -0.383 e. The number of nitrogens with two attached hydrogens (primary N) is 1. The normalized spacial score (nSPS) is 10.9. The minimum atomic E-state index is -0.681. The molecule has 180 valence electrons. The lowest BCUT2D eigenvalue weighted by Crippen LogP contribution is -2.42. The fourth-order valence-corrected chi connectivity index (χ4v) is 4.26. The Morgan fingerprint density at radius 2 is 1.76 bits per heavy atom. The maximum atomic E-state index is 13.3. The highest BCUT2D eigenvalue weighted by molar-refractivity contribution is 7.99. The van der Waals surface area contributed by atoms with Crippen molar-refractivity contribution in [2.24, 2.45) is 0 Å². The number of unbranched alkanes of at least 4 members (excludes halogenated alkanes) is 1. The van der Waals surface area contributed by atoms with Crippen LogP contribution in [0.3, 0.4) is 0 Å². The maximum Gasteiger partial charge on any atom is 0.330 e. The molecule has 1 amide bonds. The van der Waals surface area contributed by atoms with Crippen LogP contribution in [0.2, 0.25) is 0 Å². The Morgan fingerprint density at radius 1 is 1.12 bits per heavy atom. The number of carbonyl (C=O) groups is 1. The Bertz CT molecular complexity index is 1260. The van der Waals surface area contributed by atoms with E-state index in [4.69, 9.17) is 5.73 Å². The number of H-pyrrole nitrogens is 1. The fraction of sp³-hybridized carbons (Fsp3) is 0.375. The summed E-state index contributed by atoms with van der Waals surface area (Å²) in [4.78, 5) is 51.2. The van der Waals surface area contributed by atoms with Gasteiger partial charge < -0.3 is 10.6 Å². The van der Waals surface area contributed by atoms with E-state index in [1.807, 2.05) is 58.0 Å². The fourth-order valence-electron chi connectivity index (χ4n) is 3.45. The van der Waals surface area contributed by atoms with Gasteiger partial charge in [0.1, 0.15) is 5.82 Å². The molecule has 0 radical (unpaired) electrons. The molecule has 9 nitrogen and oxygen atoms in total. The van der Waals surface area contributed by atoms with Gasteiger partial charge in [-0.3, -0.25) is 19.1 Å². The topological polar surface area (TPSA) is 127 Å². The number of aromatic amines is 1. The second-order valence-corrected chi connectivity index (χ2v) is 9.00. The Hall–Kier alpha value is -3.40. The van der Waals surface area contributed by atoms with Crippen LogP contribution in [0.4, 0.5) is 11.5 Å². The SMILES string of the molecule is CCCCN(C(=O)CSc1nc(C)c(C)c(C)n1)c1c(N)n(Cc2ccccc2)c(=O)[nH]c1=O. The first-order chi connectivity index (χ1) is 16.2. The Kier molecular flexibility index (Phi) is 8.27. The van der Waals surface area contributed by atoms with E-state index in [9.17, 15) is 14.4 Å². The van der Waals surface area contributed by atoms with E-state index in [1.165, 1.54) is 21.2 Å². The molecule has 0 unspecified atom stereocenters. The van der Waals surface area contributed by atoms with E-state index in [-0.39, 0.29) is 29.7 Å². The van der Waals surface area contributed by atoms with E-state index in [0.29, 0.717) is 18.1 Å². The second kappa shape index (κ2) is 11.1. The Morgan fingerprint density at radius 3 is 2.38 bits per heavy atom. The van der Waals surface area contributed by atoms with Crippen molar-refractivity contribution in [1.29, 1.82) is 0 Å². The first-order valence-corrected chi connectivity index (χ1v) is 12.1. The second-order valence-electron chi connectivity index (χ2n) is 8.05. The molecule has 3 rings (SSSR count). The lowest BCUT2D eigenvalue weighted by atomic mass is 10.2. The molecule has 0 bridgehead atoms. The van der Waals surface area contributed by atoms with Crippen LogP contribution >= 0.6 is 11.8 Å². The average molecular weight is 483 g/mol. The summed E-state index contributed by atoms with van der Waals surface area (Å²) in [7, 11) is 0. The van der Waals surface area contributed by atoms with Crippen LogP contribution < -0.4 is 21.9 Å². The highest BCUT2D eigenvalue weighted by Gasteiger charge is 2.24. The molecule has 0 aliphatic heterocycles. The number of aryl methyl sites for hydroxylation is 2. The van der Waals surface area contributed by atoms with E-state index in [1.54, 1.807) is 0 Å². The van der Waals surface area contributed by atoms with Gasteiger partial charge in [0.25, 0.3) is 5.56 Å². The molecular formula is C24H30N6O3S. The summed E-state index contributed by atoms with van der Waals surface area (Å²) in [5, 5.41) is 0.500. The molecule has 2 aromatic heterocycles. The standard InChI is InChI=1S/C24H30N6O3S/c1-5-6-12-29(19(31)14-34-23-26-16(3)15(2)17(4)27-23)20-21(25)30(24(33)28-22(20)32)13-18-10-8-7-9-11-18/h7-11H,5-6,12-14,25H2,1-4H3,(H,28,32,33). The van der Waals surface area contributed by atoms with Gasteiger partial charge in [-0.25, -0.2) is 14.8 Å². The first-order valence-electron chi connectivity index (χ1n) is 11.1. The van der Waals surface area contributed by atoms with Gasteiger partial charge in [0.15, 0.2) is 10.8 Å². The smallest absolute Gasteiger partial charge is 0.330 e. The van der Waals surface area contributed by atoms with E-state index in [2.05, 4.69) is 15.0 Å². The van der Waals surface area contributed by atoms with Gasteiger partial charge in [-0.15, -0.1) is 0 Å². The molecule has 0 fully saturated rings.